The van der Waals surface area contributed by atoms with Gasteiger partial charge in [0.2, 0.25) is 0 Å². The first-order valence-corrected chi connectivity index (χ1v) is 7.43. The van der Waals surface area contributed by atoms with Gasteiger partial charge in [-0.25, -0.2) is 0 Å². The molecular weight excluding hydrogens is 224 g/mol. The summed E-state index contributed by atoms with van der Waals surface area (Å²) in [4.78, 5) is 0. The van der Waals surface area contributed by atoms with E-state index in [2.05, 4.69) is 21.7 Å². The topological polar surface area (TPSA) is 56.7 Å². The highest BCUT2D eigenvalue weighted by molar-refractivity contribution is 5.08. The van der Waals surface area contributed by atoms with E-state index in [9.17, 15) is 0 Å². The van der Waals surface area contributed by atoms with Crippen LogP contribution in [0.4, 0.5) is 0 Å². The third-order valence-electron chi connectivity index (χ3n) is 4.63. The Bertz CT molecular complexity index is 412. The fourth-order valence-corrected chi connectivity index (χ4v) is 3.44. The van der Waals surface area contributed by atoms with Gasteiger partial charge in [0.15, 0.2) is 0 Å². The van der Waals surface area contributed by atoms with Crippen LogP contribution in [0.2, 0.25) is 0 Å². The van der Waals surface area contributed by atoms with Crippen molar-refractivity contribution in [2.24, 2.45) is 11.7 Å². The van der Waals surface area contributed by atoms with Crippen LogP contribution < -0.4 is 5.73 Å². The van der Waals surface area contributed by atoms with Crippen LogP contribution in [-0.2, 0) is 13.0 Å². The van der Waals surface area contributed by atoms with Crippen LogP contribution in [0.1, 0.15) is 63.0 Å². The Morgan fingerprint density at radius 2 is 1.94 bits per heavy atom. The number of nitrogens with two attached hydrogens (primary N) is 1. The Morgan fingerprint density at radius 3 is 2.83 bits per heavy atom. The van der Waals surface area contributed by atoms with E-state index >= 15 is 0 Å². The molecule has 100 valence electrons. The molecule has 0 amide bonds. The monoisotopic (exact) mass is 248 g/mol. The quantitative estimate of drug-likeness (QED) is 0.775. The number of hydrogen-bond acceptors (Lipinski definition) is 3. The summed E-state index contributed by atoms with van der Waals surface area (Å²) in [7, 11) is 0. The Morgan fingerprint density at radius 1 is 1.11 bits per heavy atom. The lowest BCUT2D eigenvalue weighted by molar-refractivity contribution is 0.384. The molecule has 0 radical (unpaired) electrons. The van der Waals surface area contributed by atoms with Crippen molar-refractivity contribution in [1.82, 2.24) is 14.8 Å². The van der Waals surface area contributed by atoms with Gasteiger partial charge in [-0.05, 0) is 25.2 Å². The van der Waals surface area contributed by atoms with Crippen LogP contribution in [0, 0.1) is 5.92 Å². The van der Waals surface area contributed by atoms with E-state index < -0.39 is 0 Å². The van der Waals surface area contributed by atoms with E-state index in [1.54, 1.807) is 0 Å². The van der Waals surface area contributed by atoms with Crippen LogP contribution in [0.3, 0.4) is 0 Å². The van der Waals surface area contributed by atoms with Gasteiger partial charge in [-0.2, -0.15) is 0 Å². The van der Waals surface area contributed by atoms with Crippen LogP contribution in [0.5, 0.6) is 0 Å². The Hall–Kier alpha value is -0.900. The van der Waals surface area contributed by atoms with Gasteiger partial charge < -0.3 is 10.3 Å². The number of fused-ring (bicyclic) bond motifs is 1. The summed E-state index contributed by atoms with van der Waals surface area (Å²) in [5.74, 6) is 3.53. The fraction of sp³-hybridized carbons (Fsp3) is 0.857. The van der Waals surface area contributed by atoms with E-state index in [1.807, 2.05) is 0 Å². The van der Waals surface area contributed by atoms with Gasteiger partial charge in [0, 0.05) is 24.9 Å². The molecule has 1 aromatic rings. The van der Waals surface area contributed by atoms with Crippen molar-refractivity contribution in [1.29, 1.82) is 0 Å². The van der Waals surface area contributed by atoms with Gasteiger partial charge >= 0.3 is 0 Å². The molecule has 2 aliphatic rings. The molecule has 1 fully saturated rings. The summed E-state index contributed by atoms with van der Waals surface area (Å²) in [6.45, 7) is 3.39. The highest BCUT2D eigenvalue weighted by Gasteiger charge is 2.29. The Kier molecular flexibility index (Phi) is 3.37. The normalized spacial score (nSPS) is 32.9. The summed E-state index contributed by atoms with van der Waals surface area (Å²) in [6.07, 6.45) is 8.54. The third-order valence-corrected chi connectivity index (χ3v) is 4.63. The largest absolute Gasteiger partial charge is 0.327 e. The van der Waals surface area contributed by atoms with E-state index in [1.165, 1.54) is 43.8 Å². The summed E-state index contributed by atoms with van der Waals surface area (Å²) in [5.41, 5.74) is 6.35. The van der Waals surface area contributed by atoms with Crippen LogP contribution >= 0.6 is 0 Å². The number of hydrogen-bond donors (Lipinski definition) is 1. The predicted molar refractivity (Wildman–Crippen MR) is 71.3 cm³/mol. The molecule has 18 heavy (non-hydrogen) atoms. The zero-order chi connectivity index (χ0) is 12.5. The number of rotatable bonds is 1. The van der Waals surface area contributed by atoms with Crippen LogP contribution in [-0.4, -0.2) is 20.8 Å². The minimum absolute atomic E-state index is 0.278. The molecular formula is C14H24N4. The van der Waals surface area contributed by atoms with Gasteiger partial charge in [0.25, 0.3) is 0 Å². The maximum atomic E-state index is 6.35. The summed E-state index contributed by atoms with van der Waals surface area (Å²) < 4.78 is 2.36. The van der Waals surface area contributed by atoms with Gasteiger partial charge in [0.1, 0.15) is 11.6 Å². The summed E-state index contributed by atoms with van der Waals surface area (Å²) in [6, 6.07) is 0.278. The second kappa shape index (κ2) is 5.00. The van der Waals surface area contributed by atoms with Gasteiger partial charge in [0.05, 0.1) is 0 Å². The molecule has 4 heteroatoms. The zero-order valence-corrected chi connectivity index (χ0v) is 11.3. The SMILES string of the molecule is CC1CCn2c(nnc2C2CCCCCC2N)C1. The molecule has 1 saturated carbocycles. The van der Waals surface area contributed by atoms with E-state index in [4.69, 9.17) is 5.73 Å². The van der Waals surface area contributed by atoms with Crippen molar-refractivity contribution >= 4 is 0 Å². The van der Waals surface area contributed by atoms with Gasteiger partial charge in [-0.1, -0.05) is 26.2 Å². The average molecular weight is 248 g/mol. The summed E-state index contributed by atoms with van der Waals surface area (Å²) in [5, 5.41) is 8.89. The van der Waals surface area contributed by atoms with Gasteiger partial charge in [-0.15, -0.1) is 10.2 Å². The summed E-state index contributed by atoms with van der Waals surface area (Å²) >= 11 is 0. The highest BCUT2D eigenvalue weighted by Crippen LogP contribution is 2.32. The first-order chi connectivity index (χ1) is 8.75. The second-order valence-electron chi connectivity index (χ2n) is 6.13. The molecule has 0 bridgehead atoms. The van der Waals surface area contributed by atoms with Crippen LogP contribution in [0.15, 0.2) is 0 Å². The van der Waals surface area contributed by atoms with Crippen molar-refractivity contribution in [2.45, 2.75) is 70.4 Å². The van der Waals surface area contributed by atoms with Crippen molar-refractivity contribution in [3.8, 4) is 0 Å². The maximum Gasteiger partial charge on any atom is 0.137 e. The first kappa shape index (κ1) is 12.2. The molecule has 3 unspecified atom stereocenters. The fourth-order valence-electron chi connectivity index (χ4n) is 3.44. The molecule has 0 spiro atoms. The van der Waals surface area contributed by atoms with E-state index in [0.29, 0.717) is 5.92 Å². The minimum Gasteiger partial charge on any atom is -0.327 e. The average Bonchev–Trinajstić information content (AvgIpc) is 2.64. The molecule has 3 atom stereocenters. The smallest absolute Gasteiger partial charge is 0.137 e. The lowest BCUT2D eigenvalue weighted by Crippen LogP contribution is -2.30. The maximum absolute atomic E-state index is 6.35. The molecule has 1 aliphatic carbocycles. The van der Waals surface area contributed by atoms with Gasteiger partial charge in [-0.3, -0.25) is 0 Å². The lowest BCUT2D eigenvalue weighted by Gasteiger charge is -2.25. The molecule has 0 aromatic carbocycles. The molecule has 0 saturated heterocycles. The van der Waals surface area contributed by atoms with Crippen molar-refractivity contribution in [3.63, 3.8) is 0 Å². The predicted octanol–water partition coefficient (Wildman–Crippen LogP) is 2.24. The van der Waals surface area contributed by atoms with Crippen molar-refractivity contribution in [3.05, 3.63) is 11.6 Å². The standard InChI is InChI=1S/C14H24N4/c1-10-7-8-18-13(9-10)16-17-14(18)11-5-3-2-4-6-12(11)15/h10-12H,2-9,15H2,1H3. The molecule has 2 heterocycles. The van der Waals surface area contributed by atoms with E-state index in [0.717, 1.165) is 25.3 Å². The molecule has 1 aliphatic heterocycles. The highest BCUT2D eigenvalue weighted by atomic mass is 15.3. The second-order valence-corrected chi connectivity index (χ2v) is 6.13. The first-order valence-electron chi connectivity index (χ1n) is 7.43. The van der Waals surface area contributed by atoms with Crippen molar-refractivity contribution in [2.75, 3.05) is 0 Å². The number of aromatic nitrogens is 3. The number of nitrogens with zero attached hydrogens (tertiary/aromatic N) is 3. The molecule has 4 nitrogen and oxygen atoms in total. The molecule has 1 aromatic heterocycles. The van der Waals surface area contributed by atoms with Crippen LogP contribution in [0.25, 0.3) is 0 Å². The molecule has 2 N–H and O–H groups in total. The van der Waals surface area contributed by atoms with E-state index in [-0.39, 0.29) is 6.04 Å². The van der Waals surface area contributed by atoms with Crippen molar-refractivity contribution < 1.29 is 0 Å². The minimum atomic E-state index is 0.278. The zero-order valence-electron chi connectivity index (χ0n) is 11.3. The third kappa shape index (κ3) is 2.18. The Labute approximate surface area is 109 Å². The molecule has 3 rings (SSSR count). The lowest BCUT2D eigenvalue weighted by atomic mass is 9.93. The Balaban J connectivity index is 1.87.